The summed E-state index contributed by atoms with van der Waals surface area (Å²) in [4.78, 5) is 27.5. The van der Waals surface area contributed by atoms with E-state index >= 15 is 0 Å². The van der Waals surface area contributed by atoms with Gasteiger partial charge in [0, 0.05) is 41.8 Å². The third kappa shape index (κ3) is 4.02. The van der Waals surface area contributed by atoms with E-state index in [1.807, 2.05) is 54.9 Å². The highest BCUT2D eigenvalue weighted by Crippen LogP contribution is 2.30. The van der Waals surface area contributed by atoms with E-state index in [4.69, 9.17) is 0 Å². The van der Waals surface area contributed by atoms with E-state index in [1.165, 1.54) is 11.8 Å². The molecule has 2 heterocycles. The van der Waals surface area contributed by atoms with Gasteiger partial charge in [-0.25, -0.2) is 0 Å². The highest BCUT2D eigenvalue weighted by atomic mass is 32.2. The van der Waals surface area contributed by atoms with Crippen LogP contribution in [0.3, 0.4) is 0 Å². The van der Waals surface area contributed by atoms with E-state index in [0.29, 0.717) is 18.5 Å². The summed E-state index contributed by atoms with van der Waals surface area (Å²) in [5, 5.41) is 11.7. The smallest absolute Gasteiger partial charge is 0.255 e. The van der Waals surface area contributed by atoms with Gasteiger partial charge in [0.25, 0.3) is 5.91 Å². The minimum absolute atomic E-state index is 0.111. The number of carbonyl (C=O) groups is 2. The van der Waals surface area contributed by atoms with Crippen molar-refractivity contribution in [2.24, 2.45) is 7.05 Å². The molecule has 4 rings (SSSR count). The van der Waals surface area contributed by atoms with Crippen LogP contribution in [0.1, 0.15) is 29.3 Å². The van der Waals surface area contributed by atoms with Crippen molar-refractivity contribution in [3.63, 3.8) is 0 Å². The number of anilines is 2. The van der Waals surface area contributed by atoms with E-state index in [-0.39, 0.29) is 11.8 Å². The maximum absolute atomic E-state index is 12.7. The maximum Gasteiger partial charge on any atom is 0.255 e. The number of nitrogens with one attached hydrogen (secondary N) is 1. The zero-order valence-electron chi connectivity index (χ0n) is 16.3. The molecule has 0 fully saturated rings. The SMILES string of the molecule is CCC(=O)N1CCc2cc(C(=O)Nc3ccc(Sc4nncn4C)cc3)ccc21. The number of nitrogens with zero attached hydrogens (tertiary/aromatic N) is 4. The van der Waals surface area contributed by atoms with Gasteiger partial charge in [-0.05, 0) is 66.2 Å². The average molecular weight is 407 g/mol. The number of fused-ring (bicyclic) bond motifs is 1. The first-order valence-electron chi connectivity index (χ1n) is 9.41. The Kier molecular flexibility index (Phi) is 5.35. The molecule has 29 heavy (non-hydrogen) atoms. The largest absolute Gasteiger partial charge is 0.322 e. The minimum Gasteiger partial charge on any atom is -0.322 e. The Morgan fingerprint density at radius 1 is 1.17 bits per heavy atom. The van der Waals surface area contributed by atoms with Crippen molar-refractivity contribution in [2.75, 3.05) is 16.8 Å². The van der Waals surface area contributed by atoms with Crippen LogP contribution in [-0.2, 0) is 18.3 Å². The van der Waals surface area contributed by atoms with Crippen LogP contribution >= 0.6 is 11.8 Å². The van der Waals surface area contributed by atoms with Gasteiger partial charge in [-0.15, -0.1) is 10.2 Å². The molecule has 1 N–H and O–H groups in total. The molecule has 0 bridgehead atoms. The lowest BCUT2D eigenvalue weighted by molar-refractivity contribution is -0.118. The van der Waals surface area contributed by atoms with Crippen LogP contribution in [0.4, 0.5) is 11.4 Å². The molecule has 0 radical (unpaired) electrons. The van der Waals surface area contributed by atoms with Crippen molar-refractivity contribution in [1.82, 2.24) is 14.8 Å². The number of carbonyl (C=O) groups excluding carboxylic acids is 2. The highest BCUT2D eigenvalue weighted by Gasteiger charge is 2.24. The highest BCUT2D eigenvalue weighted by molar-refractivity contribution is 7.99. The van der Waals surface area contributed by atoms with Gasteiger partial charge in [-0.3, -0.25) is 9.59 Å². The van der Waals surface area contributed by atoms with Crippen LogP contribution in [0.25, 0.3) is 0 Å². The van der Waals surface area contributed by atoms with Crippen LogP contribution in [0.2, 0.25) is 0 Å². The molecule has 0 unspecified atom stereocenters. The molecule has 0 atom stereocenters. The van der Waals surface area contributed by atoms with Gasteiger partial charge < -0.3 is 14.8 Å². The maximum atomic E-state index is 12.7. The standard InChI is InChI=1S/C21H21N5O2S/c1-3-19(27)26-11-10-14-12-15(4-9-18(14)26)20(28)23-16-5-7-17(8-6-16)29-21-24-22-13-25(21)2/h4-9,12-13H,3,10-11H2,1-2H3,(H,23,28). The molecule has 0 saturated heterocycles. The Bertz CT molecular complexity index is 1060. The van der Waals surface area contributed by atoms with Crippen molar-refractivity contribution in [2.45, 2.75) is 29.8 Å². The van der Waals surface area contributed by atoms with Gasteiger partial charge in [0.2, 0.25) is 5.91 Å². The van der Waals surface area contributed by atoms with Crippen molar-refractivity contribution in [1.29, 1.82) is 0 Å². The van der Waals surface area contributed by atoms with Crippen LogP contribution in [0.5, 0.6) is 0 Å². The first-order chi connectivity index (χ1) is 14.0. The summed E-state index contributed by atoms with van der Waals surface area (Å²) in [6.45, 7) is 2.54. The number of hydrogen-bond acceptors (Lipinski definition) is 5. The predicted molar refractivity (Wildman–Crippen MR) is 112 cm³/mol. The van der Waals surface area contributed by atoms with Crippen LogP contribution in [-0.4, -0.2) is 33.1 Å². The number of amides is 2. The molecule has 1 aliphatic rings. The predicted octanol–water partition coefficient (Wildman–Crippen LogP) is 3.52. The minimum atomic E-state index is -0.165. The van der Waals surface area contributed by atoms with Crippen LogP contribution < -0.4 is 10.2 Å². The first-order valence-corrected chi connectivity index (χ1v) is 10.2. The number of rotatable bonds is 5. The van der Waals surface area contributed by atoms with Crippen molar-refractivity contribution < 1.29 is 9.59 Å². The van der Waals surface area contributed by atoms with E-state index in [0.717, 1.165) is 33.4 Å². The van der Waals surface area contributed by atoms with E-state index in [2.05, 4.69) is 15.5 Å². The van der Waals surface area contributed by atoms with Gasteiger partial charge >= 0.3 is 0 Å². The first kappa shape index (κ1) is 19.2. The summed E-state index contributed by atoms with van der Waals surface area (Å²) in [6.07, 6.45) is 2.91. The zero-order valence-corrected chi connectivity index (χ0v) is 17.1. The van der Waals surface area contributed by atoms with Gasteiger partial charge in [-0.2, -0.15) is 0 Å². The second-order valence-corrected chi connectivity index (χ2v) is 7.84. The Morgan fingerprint density at radius 3 is 2.66 bits per heavy atom. The molecule has 8 heteroatoms. The number of hydrogen-bond donors (Lipinski definition) is 1. The quantitative estimate of drug-likeness (QED) is 0.700. The number of aryl methyl sites for hydroxylation is 1. The second kappa shape index (κ2) is 8.08. The summed E-state index contributed by atoms with van der Waals surface area (Å²) >= 11 is 1.51. The van der Waals surface area contributed by atoms with Gasteiger partial charge in [0.05, 0.1) is 0 Å². The molecular weight excluding hydrogens is 386 g/mol. The fourth-order valence-corrected chi connectivity index (χ4v) is 4.03. The fraction of sp³-hybridized carbons (Fsp3) is 0.238. The molecule has 7 nitrogen and oxygen atoms in total. The van der Waals surface area contributed by atoms with Gasteiger partial charge in [0.1, 0.15) is 6.33 Å². The molecule has 3 aromatic rings. The van der Waals surface area contributed by atoms with Crippen molar-refractivity contribution in [3.05, 3.63) is 59.9 Å². The van der Waals surface area contributed by atoms with Gasteiger partial charge in [0.15, 0.2) is 5.16 Å². The molecule has 1 aliphatic heterocycles. The Hall–Kier alpha value is -3.13. The summed E-state index contributed by atoms with van der Waals surface area (Å²) < 4.78 is 1.85. The number of aromatic nitrogens is 3. The topological polar surface area (TPSA) is 80.1 Å². The van der Waals surface area contributed by atoms with Gasteiger partial charge in [-0.1, -0.05) is 6.92 Å². The molecule has 2 amide bonds. The normalized spacial score (nSPS) is 12.7. The third-order valence-corrected chi connectivity index (χ3v) is 5.89. The Balaban J connectivity index is 1.43. The van der Waals surface area contributed by atoms with Crippen molar-refractivity contribution >= 4 is 35.0 Å². The van der Waals surface area contributed by atoms with E-state index < -0.39 is 0 Å². The lowest BCUT2D eigenvalue weighted by atomic mass is 10.1. The monoisotopic (exact) mass is 407 g/mol. The second-order valence-electron chi connectivity index (χ2n) is 6.80. The summed E-state index contributed by atoms with van der Waals surface area (Å²) in [7, 11) is 1.89. The molecule has 2 aromatic carbocycles. The van der Waals surface area contributed by atoms with Crippen LogP contribution in [0.15, 0.2) is 58.8 Å². The lowest BCUT2D eigenvalue weighted by Crippen LogP contribution is -2.27. The Labute approximate surface area is 173 Å². The molecule has 0 aliphatic carbocycles. The fourth-order valence-electron chi connectivity index (χ4n) is 3.27. The Morgan fingerprint density at radius 2 is 1.97 bits per heavy atom. The van der Waals surface area contributed by atoms with E-state index in [9.17, 15) is 9.59 Å². The van der Waals surface area contributed by atoms with Crippen LogP contribution in [0, 0.1) is 0 Å². The molecule has 1 aromatic heterocycles. The molecular formula is C21H21N5O2S. The lowest BCUT2D eigenvalue weighted by Gasteiger charge is -2.16. The summed E-state index contributed by atoms with van der Waals surface area (Å²) in [5.41, 5.74) is 3.26. The third-order valence-electron chi connectivity index (χ3n) is 4.83. The average Bonchev–Trinajstić information content (AvgIpc) is 3.34. The number of benzene rings is 2. The summed E-state index contributed by atoms with van der Waals surface area (Å²) in [6, 6.07) is 13.1. The zero-order chi connectivity index (χ0) is 20.4. The molecule has 0 spiro atoms. The van der Waals surface area contributed by atoms with E-state index in [1.54, 1.807) is 17.3 Å². The molecule has 0 saturated carbocycles. The summed E-state index contributed by atoms with van der Waals surface area (Å²) in [5.74, 6) is -0.0537. The van der Waals surface area contributed by atoms with Crippen molar-refractivity contribution in [3.8, 4) is 0 Å². The molecule has 148 valence electrons.